The number of esters is 1. The number of aromatic amines is 1. The van der Waals surface area contributed by atoms with Gasteiger partial charge in [-0.05, 0) is 44.0 Å². The summed E-state index contributed by atoms with van der Waals surface area (Å²) < 4.78 is 10.4. The van der Waals surface area contributed by atoms with Crippen molar-refractivity contribution in [2.45, 2.75) is 47.2 Å². The van der Waals surface area contributed by atoms with Crippen molar-refractivity contribution in [1.82, 2.24) is 9.88 Å². The number of hydrogen-bond acceptors (Lipinski definition) is 4. The number of nitrogens with one attached hydrogen (secondary N) is 1. The molecule has 6 heteroatoms. The number of hydrogen-bond donors (Lipinski definition) is 1. The molecule has 0 saturated heterocycles. The Hall–Kier alpha value is -2.50. The fourth-order valence-corrected chi connectivity index (χ4v) is 2.67. The van der Waals surface area contributed by atoms with Crippen LogP contribution >= 0.6 is 0 Å². The highest BCUT2D eigenvalue weighted by molar-refractivity contribution is 5.89. The summed E-state index contributed by atoms with van der Waals surface area (Å²) in [7, 11) is 0. The molecule has 0 aliphatic carbocycles. The molecule has 2 heterocycles. The second-order valence-electron chi connectivity index (χ2n) is 5.63. The van der Waals surface area contributed by atoms with Crippen LogP contribution in [0.25, 0.3) is 0 Å². The van der Waals surface area contributed by atoms with Gasteiger partial charge in [0.05, 0.1) is 19.4 Å². The Labute approximate surface area is 141 Å². The van der Waals surface area contributed by atoms with E-state index >= 15 is 0 Å². The molecule has 0 aromatic carbocycles. The molecule has 0 radical (unpaired) electrons. The molecule has 0 aliphatic rings. The largest absolute Gasteiger partial charge is 0.467 e. The molecule has 130 valence electrons. The number of carbonyl (C=O) groups excluding carboxylic acids is 2. The van der Waals surface area contributed by atoms with E-state index in [1.807, 2.05) is 26.8 Å². The van der Waals surface area contributed by atoms with Crippen LogP contribution < -0.4 is 0 Å². The van der Waals surface area contributed by atoms with Crippen LogP contribution in [0.15, 0.2) is 22.8 Å². The number of aromatic nitrogens is 1. The summed E-state index contributed by atoms with van der Waals surface area (Å²) in [5.74, 6) is 0.390. The van der Waals surface area contributed by atoms with Gasteiger partial charge in [-0.25, -0.2) is 4.79 Å². The Balaban J connectivity index is 2.25. The van der Waals surface area contributed by atoms with Crippen molar-refractivity contribution in [2.24, 2.45) is 0 Å². The van der Waals surface area contributed by atoms with Gasteiger partial charge >= 0.3 is 5.97 Å². The number of ether oxygens (including phenoxy) is 1. The molecule has 0 bridgehead atoms. The number of carbonyl (C=O) groups is 2. The monoisotopic (exact) mass is 332 g/mol. The topological polar surface area (TPSA) is 75.5 Å². The Morgan fingerprint density at radius 2 is 2.00 bits per heavy atom. The molecule has 0 saturated carbocycles. The summed E-state index contributed by atoms with van der Waals surface area (Å²) in [6.45, 7) is 8.51. The van der Waals surface area contributed by atoms with Gasteiger partial charge < -0.3 is 19.0 Å². The normalized spacial score (nSPS) is 10.7. The van der Waals surface area contributed by atoms with Gasteiger partial charge in [-0.15, -0.1) is 0 Å². The summed E-state index contributed by atoms with van der Waals surface area (Å²) in [5, 5.41) is 0. The molecular weight excluding hydrogens is 308 g/mol. The van der Waals surface area contributed by atoms with Gasteiger partial charge in [0.1, 0.15) is 11.5 Å². The van der Waals surface area contributed by atoms with E-state index in [4.69, 9.17) is 9.15 Å². The maximum Gasteiger partial charge on any atom is 0.355 e. The average Bonchev–Trinajstić information content (AvgIpc) is 3.16. The van der Waals surface area contributed by atoms with Crippen molar-refractivity contribution >= 4 is 11.9 Å². The summed E-state index contributed by atoms with van der Waals surface area (Å²) in [5.41, 5.74) is 3.07. The van der Waals surface area contributed by atoms with Crippen LogP contribution in [-0.2, 0) is 22.6 Å². The number of rotatable bonds is 7. The third-order valence-electron chi connectivity index (χ3n) is 4.00. The minimum atomic E-state index is -0.372. The molecule has 2 rings (SSSR count). The van der Waals surface area contributed by atoms with E-state index < -0.39 is 0 Å². The standard InChI is InChI=1S/C18H24N2O4/c1-5-16(21)20(10-14-8-7-9-24-14)11-15-12(3)17(19-13(15)4)18(22)23-6-2/h7-9,19H,5-6,10-11H2,1-4H3. The molecular formula is C18H24N2O4. The van der Waals surface area contributed by atoms with E-state index in [-0.39, 0.29) is 11.9 Å². The fraction of sp³-hybridized carbons (Fsp3) is 0.444. The van der Waals surface area contributed by atoms with E-state index in [0.29, 0.717) is 31.8 Å². The van der Waals surface area contributed by atoms with Crippen molar-refractivity contribution < 1.29 is 18.7 Å². The van der Waals surface area contributed by atoms with E-state index in [2.05, 4.69) is 4.98 Å². The van der Waals surface area contributed by atoms with E-state index in [0.717, 1.165) is 22.6 Å². The minimum Gasteiger partial charge on any atom is -0.467 e. The Morgan fingerprint density at radius 1 is 1.25 bits per heavy atom. The third kappa shape index (κ3) is 3.88. The smallest absolute Gasteiger partial charge is 0.355 e. The van der Waals surface area contributed by atoms with Gasteiger partial charge in [0.25, 0.3) is 0 Å². The van der Waals surface area contributed by atoms with Gasteiger partial charge in [-0.3, -0.25) is 4.79 Å². The van der Waals surface area contributed by atoms with Crippen LogP contribution in [0.4, 0.5) is 0 Å². The zero-order valence-electron chi connectivity index (χ0n) is 14.6. The summed E-state index contributed by atoms with van der Waals surface area (Å²) in [4.78, 5) is 29.1. The summed E-state index contributed by atoms with van der Waals surface area (Å²) in [6.07, 6.45) is 2.00. The van der Waals surface area contributed by atoms with Crippen LogP contribution in [-0.4, -0.2) is 28.4 Å². The Bertz CT molecular complexity index is 701. The fourth-order valence-electron chi connectivity index (χ4n) is 2.67. The van der Waals surface area contributed by atoms with Gasteiger partial charge in [-0.2, -0.15) is 0 Å². The maximum atomic E-state index is 12.3. The lowest BCUT2D eigenvalue weighted by Crippen LogP contribution is -2.29. The number of furan rings is 1. The third-order valence-corrected chi connectivity index (χ3v) is 4.00. The first kappa shape index (κ1) is 17.8. The highest BCUT2D eigenvalue weighted by Gasteiger charge is 2.22. The number of H-pyrrole nitrogens is 1. The highest BCUT2D eigenvalue weighted by atomic mass is 16.5. The number of nitrogens with zero attached hydrogens (tertiary/aromatic N) is 1. The summed E-state index contributed by atoms with van der Waals surface area (Å²) >= 11 is 0. The van der Waals surface area contributed by atoms with Crippen LogP contribution in [0.1, 0.15) is 53.3 Å². The van der Waals surface area contributed by atoms with Gasteiger partial charge in [0.15, 0.2) is 0 Å². The first-order valence-corrected chi connectivity index (χ1v) is 8.13. The first-order chi connectivity index (χ1) is 11.5. The second-order valence-corrected chi connectivity index (χ2v) is 5.63. The van der Waals surface area contributed by atoms with E-state index in [1.165, 1.54) is 0 Å². The average molecular weight is 332 g/mol. The molecule has 0 aliphatic heterocycles. The van der Waals surface area contributed by atoms with Gasteiger partial charge in [-0.1, -0.05) is 6.92 Å². The lowest BCUT2D eigenvalue weighted by molar-refractivity contribution is -0.132. The van der Waals surface area contributed by atoms with Crippen molar-refractivity contribution in [3.05, 3.63) is 46.7 Å². The van der Waals surface area contributed by atoms with Gasteiger partial charge in [0.2, 0.25) is 5.91 Å². The molecule has 0 unspecified atom stereocenters. The van der Waals surface area contributed by atoms with E-state index in [1.54, 1.807) is 24.2 Å². The molecule has 1 amide bonds. The summed E-state index contributed by atoms with van der Waals surface area (Å²) in [6, 6.07) is 3.65. The molecule has 2 aromatic rings. The first-order valence-electron chi connectivity index (χ1n) is 8.13. The van der Waals surface area contributed by atoms with Crippen LogP contribution in [0.3, 0.4) is 0 Å². The SMILES string of the molecule is CCOC(=O)c1[nH]c(C)c(CN(Cc2ccco2)C(=O)CC)c1C. The molecule has 24 heavy (non-hydrogen) atoms. The second kappa shape index (κ2) is 7.86. The molecule has 1 N–H and O–H groups in total. The van der Waals surface area contributed by atoms with E-state index in [9.17, 15) is 9.59 Å². The zero-order valence-corrected chi connectivity index (χ0v) is 14.6. The van der Waals surface area contributed by atoms with Gasteiger partial charge in [0, 0.05) is 18.7 Å². The highest BCUT2D eigenvalue weighted by Crippen LogP contribution is 2.22. The van der Waals surface area contributed by atoms with Crippen molar-refractivity contribution in [2.75, 3.05) is 6.61 Å². The molecule has 0 fully saturated rings. The molecule has 0 spiro atoms. The number of amides is 1. The van der Waals surface area contributed by atoms with Crippen LogP contribution in [0, 0.1) is 13.8 Å². The quantitative estimate of drug-likeness (QED) is 0.789. The lowest BCUT2D eigenvalue weighted by atomic mass is 10.1. The molecule has 6 nitrogen and oxygen atoms in total. The molecule has 0 atom stereocenters. The maximum absolute atomic E-state index is 12.3. The zero-order chi connectivity index (χ0) is 17.7. The number of aryl methyl sites for hydroxylation is 1. The molecule has 2 aromatic heterocycles. The predicted molar refractivity (Wildman–Crippen MR) is 89.5 cm³/mol. The van der Waals surface area contributed by atoms with Crippen molar-refractivity contribution in [3.8, 4) is 0 Å². The Kier molecular flexibility index (Phi) is 5.84. The minimum absolute atomic E-state index is 0.0316. The van der Waals surface area contributed by atoms with Crippen LogP contribution in [0.2, 0.25) is 0 Å². The predicted octanol–water partition coefficient (Wildman–Crippen LogP) is 3.34. The Morgan fingerprint density at radius 3 is 2.58 bits per heavy atom. The van der Waals surface area contributed by atoms with Crippen molar-refractivity contribution in [3.63, 3.8) is 0 Å². The lowest BCUT2D eigenvalue weighted by Gasteiger charge is -2.21. The van der Waals surface area contributed by atoms with Crippen LogP contribution in [0.5, 0.6) is 0 Å². The van der Waals surface area contributed by atoms with Crippen molar-refractivity contribution in [1.29, 1.82) is 0 Å².